The van der Waals surface area contributed by atoms with E-state index in [2.05, 4.69) is 15.8 Å². The maximum absolute atomic E-state index is 5.93. The molecule has 6 heteroatoms. The first-order chi connectivity index (χ1) is 9.02. The van der Waals surface area contributed by atoms with Crippen molar-refractivity contribution in [3.8, 4) is 0 Å². The highest BCUT2D eigenvalue weighted by Gasteiger charge is 2.03. The van der Waals surface area contributed by atoms with Crippen LogP contribution in [-0.2, 0) is 4.74 Å². The SMILES string of the molecule is COC[C@@H](C)NC(=S)N/N=C(/C)c1cccc(Cl)c1. The first kappa shape index (κ1) is 15.9. The summed E-state index contributed by atoms with van der Waals surface area (Å²) in [6, 6.07) is 7.63. The first-order valence-electron chi connectivity index (χ1n) is 5.88. The molecule has 0 saturated carbocycles. The van der Waals surface area contributed by atoms with Gasteiger partial charge in [0.25, 0.3) is 0 Å². The third-order valence-corrected chi connectivity index (χ3v) is 2.81. The Labute approximate surface area is 124 Å². The lowest BCUT2D eigenvalue weighted by molar-refractivity contribution is 0.179. The van der Waals surface area contributed by atoms with Gasteiger partial charge in [-0.15, -0.1) is 0 Å². The van der Waals surface area contributed by atoms with E-state index in [1.165, 1.54) is 0 Å². The summed E-state index contributed by atoms with van der Waals surface area (Å²) in [5, 5.41) is 8.42. The van der Waals surface area contributed by atoms with Gasteiger partial charge in [0.05, 0.1) is 12.3 Å². The highest BCUT2D eigenvalue weighted by molar-refractivity contribution is 7.80. The van der Waals surface area contributed by atoms with E-state index >= 15 is 0 Å². The van der Waals surface area contributed by atoms with Crippen LogP contribution in [0.4, 0.5) is 0 Å². The fourth-order valence-electron chi connectivity index (χ4n) is 1.46. The van der Waals surface area contributed by atoms with Gasteiger partial charge in [-0.1, -0.05) is 23.7 Å². The van der Waals surface area contributed by atoms with Crippen molar-refractivity contribution in [3.05, 3.63) is 34.9 Å². The van der Waals surface area contributed by atoms with Crippen molar-refractivity contribution in [3.63, 3.8) is 0 Å². The van der Waals surface area contributed by atoms with Crippen molar-refractivity contribution in [1.82, 2.24) is 10.7 Å². The molecule has 0 aliphatic rings. The van der Waals surface area contributed by atoms with Gasteiger partial charge in [0.15, 0.2) is 5.11 Å². The van der Waals surface area contributed by atoms with Crippen LogP contribution < -0.4 is 10.7 Å². The fourth-order valence-corrected chi connectivity index (χ4v) is 1.90. The Hall–Kier alpha value is -1.17. The standard InChI is InChI=1S/C13H18ClN3OS/c1-9(8-18-3)15-13(19)17-16-10(2)11-5-4-6-12(14)7-11/h4-7,9H,8H2,1-3H3,(H2,15,17,19)/b16-10-/t9-/m1/s1. The van der Waals surface area contributed by atoms with Crippen molar-refractivity contribution in [2.24, 2.45) is 5.10 Å². The van der Waals surface area contributed by atoms with E-state index in [-0.39, 0.29) is 6.04 Å². The number of rotatable bonds is 5. The maximum atomic E-state index is 5.93. The second-order valence-electron chi connectivity index (χ2n) is 4.15. The number of benzene rings is 1. The van der Waals surface area contributed by atoms with E-state index in [9.17, 15) is 0 Å². The zero-order valence-corrected chi connectivity index (χ0v) is 12.8. The largest absolute Gasteiger partial charge is 0.383 e. The van der Waals surface area contributed by atoms with Gasteiger partial charge in [-0.05, 0) is 43.8 Å². The molecule has 104 valence electrons. The normalized spacial score (nSPS) is 12.9. The zero-order valence-electron chi connectivity index (χ0n) is 11.2. The molecule has 0 aliphatic heterocycles. The molecule has 1 aromatic rings. The molecule has 0 radical (unpaired) electrons. The number of thiocarbonyl (C=S) groups is 1. The van der Waals surface area contributed by atoms with Crippen molar-refractivity contribution >= 4 is 34.6 Å². The van der Waals surface area contributed by atoms with Gasteiger partial charge < -0.3 is 10.1 Å². The van der Waals surface area contributed by atoms with Crippen LogP contribution in [0.25, 0.3) is 0 Å². The van der Waals surface area contributed by atoms with Gasteiger partial charge in [0, 0.05) is 18.2 Å². The van der Waals surface area contributed by atoms with Crippen LogP contribution in [0, 0.1) is 0 Å². The molecule has 0 amide bonds. The van der Waals surface area contributed by atoms with Crippen LogP contribution in [0.3, 0.4) is 0 Å². The Morgan fingerprint density at radius 1 is 1.53 bits per heavy atom. The molecule has 19 heavy (non-hydrogen) atoms. The summed E-state index contributed by atoms with van der Waals surface area (Å²) in [6.45, 7) is 4.45. The molecule has 0 aliphatic carbocycles. The Kier molecular flexibility index (Phi) is 6.77. The molecule has 0 bridgehead atoms. The van der Waals surface area contributed by atoms with Crippen molar-refractivity contribution in [1.29, 1.82) is 0 Å². The summed E-state index contributed by atoms with van der Waals surface area (Å²) in [7, 11) is 1.65. The van der Waals surface area contributed by atoms with Crippen molar-refractivity contribution < 1.29 is 4.74 Å². The highest BCUT2D eigenvalue weighted by Crippen LogP contribution is 2.11. The number of hydrogen-bond acceptors (Lipinski definition) is 3. The quantitative estimate of drug-likeness (QED) is 0.498. The molecular formula is C13H18ClN3OS. The number of hydrazone groups is 1. The third kappa shape index (κ3) is 6.00. The Balaban J connectivity index is 2.54. The molecule has 4 nitrogen and oxygen atoms in total. The smallest absolute Gasteiger partial charge is 0.187 e. The van der Waals surface area contributed by atoms with Gasteiger partial charge in [0.2, 0.25) is 0 Å². The van der Waals surface area contributed by atoms with Crippen molar-refractivity contribution in [2.45, 2.75) is 19.9 Å². The highest BCUT2D eigenvalue weighted by atomic mass is 35.5. The molecule has 0 spiro atoms. The van der Waals surface area contributed by atoms with E-state index in [1.54, 1.807) is 7.11 Å². The summed E-state index contributed by atoms with van der Waals surface area (Å²) in [4.78, 5) is 0. The minimum absolute atomic E-state index is 0.131. The van der Waals surface area contributed by atoms with E-state index in [0.29, 0.717) is 16.7 Å². The fraction of sp³-hybridized carbons (Fsp3) is 0.385. The topological polar surface area (TPSA) is 45.6 Å². The second-order valence-corrected chi connectivity index (χ2v) is 4.99. The summed E-state index contributed by atoms with van der Waals surface area (Å²) in [5.74, 6) is 0. The van der Waals surface area contributed by atoms with Crippen LogP contribution in [0.2, 0.25) is 5.02 Å². The van der Waals surface area contributed by atoms with Crippen LogP contribution in [0.5, 0.6) is 0 Å². The number of hydrogen-bond donors (Lipinski definition) is 2. The van der Waals surface area contributed by atoms with E-state index in [1.807, 2.05) is 38.1 Å². The average Bonchev–Trinajstić information content (AvgIpc) is 2.36. The van der Waals surface area contributed by atoms with E-state index < -0.39 is 0 Å². The third-order valence-electron chi connectivity index (χ3n) is 2.36. The second kappa shape index (κ2) is 8.09. The predicted octanol–water partition coefficient (Wildman–Crippen LogP) is 2.56. The van der Waals surface area contributed by atoms with Gasteiger partial charge in [-0.2, -0.15) is 5.10 Å². The lowest BCUT2D eigenvalue weighted by Crippen LogP contribution is -2.40. The van der Waals surface area contributed by atoms with Crippen LogP contribution >= 0.6 is 23.8 Å². The van der Waals surface area contributed by atoms with Crippen LogP contribution in [-0.4, -0.2) is 30.6 Å². The summed E-state index contributed by atoms with van der Waals surface area (Å²) in [5.41, 5.74) is 4.56. The molecule has 1 aromatic carbocycles. The number of ether oxygens (including phenoxy) is 1. The maximum Gasteiger partial charge on any atom is 0.187 e. The molecule has 0 fully saturated rings. The minimum atomic E-state index is 0.131. The number of nitrogens with one attached hydrogen (secondary N) is 2. The predicted molar refractivity (Wildman–Crippen MR) is 83.9 cm³/mol. The van der Waals surface area contributed by atoms with Crippen LogP contribution in [0.15, 0.2) is 29.4 Å². The first-order valence-corrected chi connectivity index (χ1v) is 6.67. The Morgan fingerprint density at radius 3 is 2.89 bits per heavy atom. The number of methoxy groups -OCH3 is 1. The van der Waals surface area contributed by atoms with E-state index in [0.717, 1.165) is 11.3 Å². The Bertz CT molecular complexity index is 465. The van der Waals surface area contributed by atoms with Gasteiger partial charge in [-0.3, -0.25) is 5.43 Å². The van der Waals surface area contributed by atoms with Crippen LogP contribution in [0.1, 0.15) is 19.4 Å². The molecule has 0 aromatic heterocycles. The van der Waals surface area contributed by atoms with Gasteiger partial charge >= 0.3 is 0 Å². The molecule has 1 atom stereocenters. The molecular weight excluding hydrogens is 282 g/mol. The van der Waals surface area contributed by atoms with Crippen molar-refractivity contribution in [2.75, 3.05) is 13.7 Å². The summed E-state index contributed by atoms with van der Waals surface area (Å²) in [6.07, 6.45) is 0. The molecule has 2 N–H and O–H groups in total. The number of nitrogens with zero attached hydrogens (tertiary/aromatic N) is 1. The lowest BCUT2D eigenvalue weighted by atomic mass is 10.1. The van der Waals surface area contributed by atoms with E-state index in [4.69, 9.17) is 28.6 Å². The lowest BCUT2D eigenvalue weighted by Gasteiger charge is -2.14. The molecule has 0 unspecified atom stereocenters. The molecule has 0 heterocycles. The molecule has 1 rings (SSSR count). The zero-order chi connectivity index (χ0) is 14.3. The average molecular weight is 300 g/mol. The monoisotopic (exact) mass is 299 g/mol. The number of halogens is 1. The Morgan fingerprint density at radius 2 is 2.26 bits per heavy atom. The van der Waals surface area contributed by atoms with Gasteiger partial charge in [-0.25, -0.2) is 0 Å². The van der Waals surface area contributed by atoms with Gasteiger partial charge in [0.1, 0.15) is 0 Å². The summed E-state index contributed by atoms with van der Waals surface area (Å²) >= 11 is 11.1. The minimum Gasteiger partial charge on any atom is -0.383 e. The summed E-state index contributed by atoms with van der Waals surface area (Å²) < 4.78 is 5.01. The molecule has 0 saturated heterocycles.